The third kappa shape index (κ3) is 3.54. The van der Waals surface area contributed by atoms with Crippen LogP contribution in [0.2, 0.25) is 0 Å². The summed E-state index contributed by atoms with van der Waals surface area (Å²) in [7, 11) is 3.13. The summed E-state index contributed by atoms with van der Waals surface area (Å²) in [5, 5.41) is 9.73. The van der Waals surface area contributed by atoms with Crippen LogP contribution in [-0.2, 0) is 6.42 Å². The summed E-state index contributed by atoms with van der Waals surface area (Å²) in [6, 6.07) is 5.41. The summed E-state index contributed by atoms with van der Waals surface area (Å²) in [5.41, 5.74) is 0.114. The second kappa shape index (κ2) is 7.22. The Hall–Kier alpha value is -2.15. The molecule has 0 aliphatic heterocycles. The van der Waals surface area contributed by atoms with Crippen molar-refractivity contribution in [3.63, 3.8) is 0 Å². The number of nitrogens with one attached hydrogen (secondary N) is 1. The molecule has 2 rings (SSSR count). The number of aryl methyl sites for hydroxylation is 1. The van der Waals surface area contributed by atoms with Crippen molar-refractivity contribution in [1.82, 2.24) is 9.97 Å². The van der Waals surface area contributed by atoms with Crippen LogP contribution >= 0.6 is 11.8 Å². The zero-order valence-corrected chi connectivity index (χ0v) is 13.5. The average molecular weight is 322 g/mol. The quantitative estimate of drug-likeness (QED) is 0.814. The molecule has 0 fully saturated rings. The molecule has 1 aromatic carbocycles. The van der Waals surface area contributed by atoms with E-state index in [0.29, 0.717) is 28.8 Å². The molecule has 1 aromatic heterocycles. The average Bonchev–Trinajstić information content (AvgIpc) is 2.90. The Kier molecular flexibility index (Phi) is 5.32. The molecule has 1 heterocycles. The van der Waals surface area contributed by atoms with Gasteiger partial charge in [0.15, 0.2) is 17.2 Å². The second-order valence-electron chi connectivity index (χ2n) is 4.54. The molecular formula is C15H18N2O4S. The molecule has 0 spiro atoms. The minimum atomic E-state index is -1.02. The van der Waals surface area contributed by atoms with E-state index in [0.717, 1.165) is 11.3 Å². The molecule has 118 valence electrons. The molecule has 22 heavy (non-hydrogen) atoms. The summed E-state index contributed by atoms with van der Waals surface area (Å²) in [6.07, 6.45) is 1.61. The number of nitrogens with zero attached hydrogens (tertiary/aromatic N) is 1. The zero-order chi connectivity index (χ0) is 16.1. The van der Waals surface area contributed by atoms with Gasteiger partial charge in [-0.2, -0.15) is 0 Å². The number of methoxy groups -OCH3 is 2. The fourth-order valence-corrected chi connectivity index (χ4v) is 2.89. The van der Waals surface area contributed by atoms with Crippen LogP contribution < -0.4 is 9.47 Å². The third-order valence-corrected chi connectivity index (χ3v) is 3.97. The highest BCUT2D eigenvalue weighted by Crippen LogP contribution is 2.35. The number of imidazole rings is 1. The first-order valence-electron chi connectivity index (χ1n) is 6.81. The van der Waals surface area contributed by atoms with Gasteiger partial charge in [0, 0.05) is 11.3 Å². The number of rotatable bonds is 7. The van der Waals surface area contributed by atoms with Crippen LogP contribution in [0.5, 0.6) is 11.5 Å². The first kappa shape index (κ1) is 16.2. The maximum atomic E-state index is 11.3. The van der Waals surface area contributed by atoms with E-state index in [2.05, 4.69) is 9.97 Å². The lowest BCUT2D eigenvalue weighted by Crippen LogP contribution is -1.98. The number of carbonyl (C=O) groups is 1. The van der Waals surface area contributed by atoms with Crippen molar-refractivity contribution < 1.29 is 19.4 Å². The highest BCUT2D eigenvalue weighted by Gasteiger charge is 2.18. The fraction of sp³-hybridized carbons (Fsp3) is 0.333. The van der Waals surface area contributed by atoms with Crippen molar-refractivity contribution >= 4 is 17.7 Å². The Morgan fingerprint density at radius 1 is 1.32 bits per heavy atom. The van der Waals surface area contributed by atoms with Gasteiger partial charge in [-0.1, -0.05) is 18.7 Å². The highest BCUT2D eigenvalue weighted by atomic mass is 32.2. The van der Waals surface area contributed by atoms with Gasteiger partial charge >= 0.3 is 5.97 Å². The molecule has 7 heteroatoms. The number of hydrogen-bond acceptors (Lipinski definition) is 5. The minimum absolute atomic E-state index is 0.114. The predicted molar refractivity (Wildman–Crippen MR) is 83.2 cm³/mol. The van der Waals surface area contributed by atoms with Crippen LogP contribution in [0.15, 0.2) is 28.1 Å². The molecule has 0 saturated carbocycles. The fourth-order valence-electron chi connectivity index (χ4n) is 1.97. The maximum absolute atomic E-state index is 11.3. The molecule has 2 N–H and O–H groups in total. The summed E-state index contributed by atoms with van der Waals surface area (Å²) < 4.78 is 10.4. The highest BCUT2D eigenvalue weighted by molar-refractivity contribution is 7.99. The van der Waals surface area contributed by atoms with Crippen molar-refractivity contribution in [2.45, 2.75) is 29.7 Å². The molecule has 0 radical (unpaired) electrons. The van der Waals surface area contributed by atoms with Crippen LogP contribution in [-0.4, -0.2) is 35.3 Å². The van der Waals surface area contributed by atoms with E-state index in [1.54, 1.807) is 26.4 Å². The van der Waals surface area contributed by atoms with E-state index < -0.39 is 5.97 Å². The molecule has 0 unspecified atom stereocenters. The number of aromatic nitrogens is 2. The van der Waals surface area contributed by atoms with Crippen molar-refractivity contribution in [3.05, 3.63) is 29.7 Å². The molecule has 2 aromatic rings. The van der Waals surface area contributed by atoms with Crippen LogP contribution in [0, 0.1) is 0 Å². The normalized spacial score (nSPS) is 10.5. The van der Waals surface area contributed by atoms with Gasteiger partial charge in [-0.25, -0.2) is 9.78 Å². The molecule has 0 bridgehead atoms. The lowest BCUT2D eigenvalue weighted by Gasteiger charge is -2.08. The molecule has 0 aliphatic carbocycles. The van der Waals surface area contributed by atoms with E-state index in [-0.39, 0.29) is 5.69 Å². The molecular weight excluding hydrogens is 304 g/mol. The zero-order valence-electron chi connectivity index (χ0n) is 12.7. The van der Waals surface area contributed by atoms with Crippen molar-refractivity contribution in [2.24, 2.45) is 0 Å². The van der Waals surface area contributed by atoms with Gasteiger partial charge in [0.25, 0.3) is 0 Å². The van der Waals surface area contributed by atoms with E-state index in [1.165, 1.54) is 11.8 Å². The number of H-pyrrole nitrogens is 1. The lowest BCUT2D eigenvalue weighted by molar-refractivity contribution is 0.0687. The standard InChI is InChI=1S/C15H18N2O4S/c1-4-5-12-16-13(15(18)19)14(17-12)22-9-6-7-10(20-2)11(8-9)21-3/h6-8H,4-5H2,1-3H3,(H,16,17)(H,18,19). The number of ether oxygens (including phenoxy) is 2. The topological polar surface area (TPSA) is 84.4 Å². The number of aromatic carboxylic acids is 1. The number of carboxylic acid groups (broad SMARTS) is 1. The minimum Gasteiger partial charge on any atom is -0.493 e. The van der Waals surface area contributed by atoms with Crippen molar-refractivity contribution in [2.75, 3.05) is 14.2 Å². The summed E-state index contributed by atoms with van der Waals surface area (Å²) in [4.78, 5) is 19.4. The van der Waals surface area contributed by atoms with E-state index >= 15 is 0 Å². The van der Waals surface area contributed by atoms with Gasteiger partial charge in [0.1, 0.15) is 10.9 Å². The van der Waals surface area contributed by atoms with Gasteiger partial charge in [-0.15, -0.1) is 0 Å². The molecule has 0 amide bonds. The third-order valence-electron chi connectivity index (χ3n) is 2.99. The summed E-state index contributed by atoms with van der Waals surface area (Å²) >= 11 is 1.28. The predicted octanol–water partition coefficient (Wildman–Crippen LogP) is 3.23. The van der Waals surface area contributed by atoms with Gasteiger partial charge in [0.05, 0.1) is 14.2 Å². The maximum Gasteiger partial charge on any atom is 0.355 e. The Morgan fingerprint density at radius 3 is 2.64 bits per heavy atom. The van der Waals surface area contributed by atoms with E-state index in [1.807, 2.05) is 13.0 Å². The van der Waals surface area contributed by atoms with E-state index in [4.69, 9.17) is 9.47 Å². The van der Waals surface area contributed by atoms with Crippen LogP contribution in [0.1, 0.15) is 29.7 Å². The molecule has 0 atom stereocenters. The Morgan fingerprint density at radius 2 is 2.05 bits per heavy atom. The molecule has 0 aliphatic rings. The smallest absolute Gasteiger partial charge is 0.355 e. The Balaban J connectivity index is 2.31. The number of benzene rings is 1. The number of carboxylic acids is 1. The summed E-state index contributed by atoms with van der Waals surface area (Å²) in [6.45, 7) is 2.02. The van der Waals surface area contributed by atoms with E-state index in [9.17, 15) is 9.90 Å². The lowest BCUT2D eigenvalue weighted by atomic mass is 10.3. The monoisotopic (exact) mass is 322 g/mol. The van der Waals surface area contributed by atoms with Crippen molar-refractivity contribution in [1.29, 1.82) is 0 Å². The van der Waals surface area contributed by atoms with Gasteiger partial charge in [-0.3, -0.25) is 0 Å². The van der Waals surface area contributed by atoms with Gasteiger partial charge in [0.2, 0.25) is 0 Å². The van der Waals surface area contributed by atoms with Gasteiger partial charge < -0.3 is 19.6 Å². The Bertz CT molecular complexity index is 670. The first-order valence-corrected chi connectivity index (χ1v) is 7.62. The first-order chi connectivity index (χ1) is 10.6. The Labute approximate surface area is 132 Å². The SMILES string of the molecule is CCCc1nc(Sc2ccc(OC)c(OC)c2)c(C(=O)O)[nH]1. The second-order valence-corrected chi connectivity index (χ2v) is 5.60. The largest absolute Gasteiger partial charge is 0.493 e. The molecule has 0 saturated heterocycles. The van der Waals surface area contributed by atoms with Crippen LogP contribution in [0.4, 0.5) is 0 Å². The number of aromatic amines is 1. The van der Waals surface area contributed by atoms with Crippen LogP contribution in [0.25, 0.3) is 0 Å². The summed E-state index contributed by atoms with van der Waals surface area (Å²) in [5.74, 6) is 0.883. The van der Waals surface area contributed by atoms with Crippen molar-refractivity contribution in [3.8, 4) is 11.5 Å². The number of hydrogen-bond donors (Lipinski definition) is 2. The molecule has 6 nitrogen and oxygen atoms in total. The van der Waals surface area contributed by atoms with Crippen LogP contribution in [0.3, 0.4) is 0 Å². The van der Waals surface area contributed by atoms with Gasteiger partial charge in [-0.05, 0) is 24.6 Å².